The highest BCUT2D eigenvalue weighted by molar-refractivity contribution is 5.95. The summed E-state index contributed by atoms with van der Waals surface area (Å²) in [5.41, 5.74) is 1.91. The van der Waals surface area contributed by atoms with Gasteiger partial charge in [-0.25, -0.2) is 4.79 Å². The molecule has 0 bridgehead atoms. The Hall–Kier alpha value is -2.50. The summed E-state index contributed by atoms with van der Waals surface area (Å²) in [6.45, 7) is 8.30. The van der Waals surface area contributed by atoms with Crippen molar-refractivity contribution in [2.45, 2.75) is 39.8 Å². The normalized spacial score (nSPS) is 18.3. The second-order valence-electron chi connectivity index (χ2n) is 7.08. The monoisotopic (exact) mass is 342 g/mol. The van der Waals surface area contributed by atoms with Gasteiger partial charge in [0.1, 0.15) is 6.04 Å². The molecular formula is C19H26N4O2. The van der Waals surface area contributed by atoms with E-state index in [1.54, 1.807) is 11.8 Å². The average molecular weight is 342 g/mol. The molecule has 1 aromatic carbocycles. The first-order chi connectivity index (χ1) is 12.0. The SMILES string of the molecule is CC(C)Cn1ccc2cc(NC(=O)N3CCCNC(=O)[C@H]3C)ccc21. The van der Waals surface area contributed by atoms with Gasteiger partial charge in [0.05, 0.1) is 0 Å². The molecule has 0 radical (unpaired) electrons. The third kappa shape index (κ3) is 3.78. The molecule has 3 rings (SSSR count). The molecule has 1 aliphatic rings. The van der Waals surface area contributed by atoms with Gasteiger partial charge in [0.25, 0.3) is 0 Å². The van der Waals surface area contributed by atoms with E-state index in [1.807, 2.05) is 18.2 Å². The van der Waals surface area contributed by atoms with Gasteiger partial charge in [0.2, 0.25) is 5.91 Å². The molecule has 0 aliphatic carbocycles. The quantitative estimate of drug-likeness (QED) is 0.900. The number of carbonyl (C=O) groups is 2. The molecule has 134 valence electrons. The highest BCUT2D eigenvalue weighted by atomic mass is 16.2. The van der Waals surface area contributed by atoms with Gasteiger partial charge in [-0.2, -0.15) is 0 Å². The maximum absolute atomic E-state index is 12.6. The van der Waals surface area contributed by atoms with Crippen LogP contribution in [0.4, 0.5) is 10.5 Å². The van der Waals surface area contributed by atoms with Crippen LogP contribution in [-0.4, -0.2) is 40.5 Å². The summed E-state index contributed by atoms with van der Waals surface area (Å²) in [6, 6.07) is 7.30. The number of hydrogen-bond donors (Lipinski definition) is 2. The Kier molecular flexibility index (Phi) is 4.97. The van der Waals surface area contributed by atoms with Gasteiger partial charge in [-0.1, -0.05) is 13.8 Å². The number of hydrogen-bond acceptors (Lipinski definition) is 2. The molecule has 0 unspecified atom stereocenters. The Labute approximate surface area is 148 Å². The number of benzene rings is 1. The van der Waals surface area contributed by atoms with Crippen LogP contribution in [0.2, 0.25) is 0 Å². The first-order valence-electron chi connectivity index (χ1n) is 8.90. The van der Waals surface area contributed by atoms with E-state index >= 15 is 0 Å². The number of nitrogens with one attached hydrogen (secondary N) is 2. The standard InChI is InChI=1S/C19H26N4O2/c1-13(2)12-22-10-7-15-11-16(5-6-17(15)22)21-19(25)23-9-4-8-20-18(24)14(23)3/h5-7,10-11,13-14H,4,8-9,12H2,1-3H3,(H,20,24)(H,21,25)/t14-/m1/s1. The molecule has 1 aliphatic heterocycles. The van der Waals surface area contributed by atoms with Crippen LogP contribution in [0.25, 0.3) is 10.9 Å². The van der Waals surface area contributed by atoms with Crippen LogP contribution in [0.1, 0.15) is 27.2 Å². The summed E-state index contributed by atoms with van der Waals surface area (Å²) in [7, 11) is 0. The zero-order valence-electron chi connectivity index (χ0n) is 15.1. The number of amides is 3. The van der Waals surface area contributed by atoms with Crippen molar-refractivity contribution in [3.8, 4) is 0 Å². The molecule has 25 heavy (non-hydrogen) atoms. The Morgan fingerprint density at radius 3 is 2.92 bits per heavy atom. The summed E-state index contributed by atoms with van der Waals surface area (Å²) in [5.74, 6) is 0.472. The van der Waals surface area contributed by atoms with Crippen molar-refractivity contribution in [1.82, 2.24) is 14.8 Å². The van der Waals surface area contributed by atoms with E-state index in [0.29, 0.717) is 19.0 Å². The topological polar surface area (TPSA) is 66.4 Å². The number of rotatable bonds is 3. The van der Waals surface area contributed by atoms with Crippen molar-refractivity contribution in [2.24, 2.45) is 5.92 Å². The molecule has 2 N–H and O–H groups in total. The Morgan fingerprint density at radius 2 is 2.16 bits per heavy atom. The van der Waals surface area contributed by atoms with Gasteiger partial charge >= 0.3 is 6.03 Å². The van der Waals surface area contributed by atoms with E-state index in [0.717, 1.165) is 29.6 Å². The zero-order chi connectivity index (χ0) is 18.0. The molecule has 0 spiro atoms. The third-order valence-electron chi connectivity index (χ3n) is 4.57. The minimum Gasteiger partial charge on any atom is -0.354 e. The van der Waals surface area contributed by atoms with Crippen molar-refractivity contribution >= 4 is 28.5 Å². The first kappa shape index (κ1) is 17.3. The summed E-state index contributed by atoms with van der Waals surface area (Å²) in [6.07, 6.45) is 2.85. The van der Waals surface area contributed by atoms with E-state index in [9.17, 15) is 9.59 Å². The van der Waals surface area contributed by atoms with Crippen molar-refractivity contribution in [2.75, 3.05) is 18.4 Å². The fourth-order valence-electron chi connectivity index (χ4n) is 3.25. The largest absolute Gasteiger partial charge is 0.354 e. The number of fused-ring (bicyclic) bond motifs is 1. The number of carbonyl (C=O) groups excluding carboxylic acids is 2. The lowest BCUT2D eigenvalue weighted by Gasteiger charge is -2.25. The summed E-state index contributed by atoms with van der Waals surface area (Å²) < 4.78 is 2.23. The molecule has 2 aromatic rings. The summed E-state index contributed by atoms with van der Waals surface area (Å²) >= 11 is 0. The molecule has 6 nitrogen and oxygen atoms in total. The van der Waals surface area contributed by atoms with Gasteiger partial charge in [-0.05, 0) is 43.5 Å². The number of aromatic nitrogens is 1. The van der Waals surface area contributed by atoms with E-state index in [2.05, 4.69) is 41.3 Å². The van der Waals surface area contributed by atoms with Crippen LogP contribution in [0.5, 0.6) is 0 Å². The molecule has 1 fully saturated rings. The zero-order valence-corrected chi connectivity index (χ0v) is 15.1. The van der Waals surface area contributed by atoms with Gasteiger partial charge in [-0.3, -0.25) is 4.79 Å². The molecule has 3 amide bonds. The molecule has 1 atom stereocenters. The number of urea groups is 1. The minimum atomic E-state index is -0.460. The predicted molar refractivity (Wildman–Crippen MR) is 99.6 cm³/mol. The highest BCUT2D eigenvalue weighted by Crippen LogP contribution is 2.22. The minimum absolute atomic E-state index is 0.103. The van der Waals surface area contributed by atoms with Crippen LogP contribution in [-0.2, 0) is 11.3 Å². The molecule has 2 heterocycles. The Balaban J connectivity index is 1.76. The number of nitrogens with zero attached hydrogens (tertiary/aromatic N) is 2. The summed E-state index contributed by atoms with van der Waals surface area (Å²) in [4.78, 5) is 26.1. The lowest BCUT2D eigenvalue weighted by Crippen LogP contribution is -2.47. The predicted octanol–water partition coefficient (Wildman–Crippen LogP) is 3.04. The number of anilines is 1. The second kappa shape index (κ2) is 7.17. The van der Waals surface area contributed by atoms with E-state index in [4.69, 9.17) is 0 Å². The lowest BCUT2D eigenvalue weighted by atomic mass is 10.2. The first-order valence-corrected chi connectivity index (χ1v) is 8.90. The molecule has 6 heteroatoms. The summed E-state index contributed by atoms with van der Waals surface area (Å²) in [5, 5.41) is 6.85. The maximum atomic E-state index is 12.6. The Bertz CT molecular complexity index is 781. The van der Waals surface area contributed by atoms with Crippen LogP contribution in [0.3, 0.4) is 0 Å². The van der Waals surface area contributed by atoms with Crippen LogP contribution in [0, 0.1) is 5.92 Å². The molecule has 1 saturated heterocycles. The van der Waals surface area contributed by atoms with Gasteiger partial charge in [-0.15, -0.1) is 0 Å². The van der Waals surface area contributed by atoms with Crippen LogP contribution >= 0.6 is 0 Å². The molecule has 1 aromatic heterocycles. The lowest BCUT2D eigenvalue weighted by molar-refractivity contribution is -0.124. The van der Waals surface area contributed by atoms with E-state index < -0.39 is 6.04 Å². The maximum Gasteiger partial charge on any atom is 0.322 e. The van der Waals surface area contributed by atoms with Crippen molar-refractivity contribution < 1.29 is 9.59 Å². The smallest absolute Gasteiger partial charge is 0.322 e. The van der Waals surface area contributed by atoms with Crippen molar-refractivity contribution in [1.29, 1.82) is 0 Å². The fourth-order valence-corrected chi connectivity index (χ4v) is 3.25. The van der Waals surface area contributed by atoms with Gasteiger partial charge in [0.15, 0.2) is 0 Å². The van der Waals surface area contributed by atoms with Crippen LogP contribution in [0.15, 0.2) is 30.5 Å². The Morgan fingerprint density at radius 1 is 1.36 bits per heavy atom. The second-order valence-corrected chi connectivity index (χ2v) is 7.08. The third-order valence-corrected chi connectivity index (χ3v) is 4.57. The van der Waals surface area contributed by atoms with Crippen molar-refractivity contribution in [3.63, 3.8) is 0 Å². The molecular weight excluding hydrogens is 316 g/mol. The van der Waals surface area contributed by atoms with E-state index in [1.165, 1.54) is 0 Å². The average Bonchev–Trinajstić information content (AvgIpc) is 2.86. The highest BCUT2D eigenvalue weighted by Gasteiger charge is 2.27. The van der Waals surface area contributed by atoms with E-state index in [-0.39, 0.29) is 11.9 Å². The van der Waals surface area contributed by atoms with Crippen LogP contribution < -0.4 is 10.6 Å². The van der Waals surface area contributed by atoms with Gasteiger partial charge < -0.3 is 20.1 Å². The van der Waals surface area contributed by atoms with Gasteiger partial charge in [0, 0.05) is 42.4 Å². The fraction of sp³-hybridized carbons (Fsp3) is 0.474. The van der Waals surface area contributed by atoms with Crippen molar-refractivity contribution in [3.05, 3.63) is 30.5 Å². The molecule has 0 saturated carbocycles.